The van der Waals surface area contributed by atoms with E-state index in [0.717, 1.165) is 5.56 Å². The Balaban J connectivity index is 1.52. The van der Waals surface area contributed by atoms with Gasteiger partial charge in [0.05, 0.1) is 18.0 Å². The molecular formula is C21H21ClN2O4S. The summed E-state index contributed by atoms with van der Waals surface area (Å²) in [6, 6.07) is 12.0. The summed E-state index contributed by atoms with van der Waals surface area (Å²) in [6.07, 6.45) is 0.376. The number of nitrogens with zero attached hydrogens (tertiary/aromatic N) is 1. The van der Waals surface area contributed by atoms with E-state index in [2.05, 4.69) is 5.32 Å². The van der Waals surface area contributed by atoms with Gasteiger partial charge in [0.25, 0.3) is 0 Å². The SMILES string of the molecule is COc1ccc(N2C(=O)CC(SCCC(=O)Nc3ccc(Cl)cc3C)C2=O)cc1. The summed E-state index contributed by atoms with van der Waals surface area (Å²) >= 11 is 7.25. The summed E-state index contributed by atoms with van der Waals surface area (Å²) < 4.78 is 5.10. The van der Waals surface area contributed by atoms with Crippen molar-refractivity contribution in [1.82, 2.24) is 0 Å². The molecule has 6 nitrogen and oxygen atoms in total. The number of hydrogen-bond acceptors (Lipinski definition) is 5. The number of aryl methyl sites for hydroxylation is 1. The fraction of sp³-hybridized carbons (Fsp3) is 0.286. The van der Waals surface area contributed by atoms with Crippen molar-refractivity contribution in [3.63, 3.8) is 0 Å². The zero-order valence-electron chi connectivity index (χ0n) is 16.1. The van der Waals surface area contributed by atoms with Crippen molar-refractivity contribution in [2.75, 3.05) is 23.1 Å². The van der Waals surface area contributed by atoms with Crippen LogP contribution in [0.25, 0.3) is 0 Å². The number of rotatable bonds is 7. The third-order valence-electron chi connectivity index (χ3n) is 4.55. The lowest BCUT2D eigenvalue weighted by Crippen LogP contribution is -2.31. The van der Waals surface area contributed by atoms with Gasteiger partial charge in [-0.1, -0.05) is 11.6 Å². The molecule has 1 aliphatic heterocycles. The van der Waals surface area contributed by atoms with Gasteiger partial charge in [0.15, 0.2) is 0 Å². The van der Waals surface area contributed by atoms with E-state index in [4.69, 9.17) is 16.3 Å². The van der Waals surface area contributed by atoms with Gasteiger partial charge in [0.1, 0.15) is 5.75 Å². The Morgan fingerprint density at radius 3 is 2.62 bits per heavy atom. The largest absolute Gasteiger partial charge is 0.497 e. The monoisotopic (exact) mass is 432 g/mol. The number of halogens is 1. The molecule has 2 aromatic carbocycles. The number of methoxy groups -OCH3 is 1. The molecule has 0 aromatic heterocycles. The lowest BCUT2D eigenvalue weighted by Gasteiger charge is -2.15. The Hall–Kier alpha value is -2.51. The van der Waals surface area contributed by atoms with Crippen LogP contribution < -0.4 is 15.0 Å². The van der Waals surface area contributed by atoms with Gasteiger partial charge in [-0.2, -0.15) is 0 Å². The maximum atomic E-state index is 12.7. The fourth-order valence-corrected chi connectivity index (χ4v) is 4.33. The van der Waals surface area contributed by atoms with Crippen molar-refractivity contribution in [1.29, 1.82) is 0 Å². The molecule has 0 spiro atoms. The first-order valence-electron chi connectivity index (χ1n) is 9.07. The van der Waals surface area contributed by atoms with Crippen molar-refractivity contribution in [2.45, 2.75) is 25.0 Å². The Bertz CT molecular complexity index is 933. The smallest absolute Gasteiger partial charge is 0.247 e. The Morgan fingerprint density at radius 1 is 1.24 bits per heavy atom. The number of benzene rings is 2. The number of amides is 3. The summed E-state index contributed by atoms with van der Waals surface area (Å²) in [4.78, 5) is 38.4. The second kappa shape index (κ2) is 9.33. The molecule has 1 saturated heterocycles. The van der Waals surface area contributed by atoms with Gasteiger partial charge >= 0.3 is 0 Å². The Labute approximate surface area is 178 Å². The average Bonchev–Trinajstić information content (AvgIpc) is 2.97. The fourth-order valence-electron chi connectivity index (χ4n) is 3.01. The predicted octanol–water partition coefficient (Wildman–Crippen LogP) is 4.05. The van der Waals surface area contributed by atoms with E-state index in [9.17, 15) is 14.4 Å². The molecule has 1 fully saturated rings. The zero-order valence-corrected chi connectivity index (χ0v) is 17.7. The van der Waals surface area contributed by atoms with E-state index < -0.39 is 5.25 Å². The van der Waals surface area contributed by atoms with Gasteiger partial charge < -0.3 is 10.1 Å². The number of carbonyl (C=O) groups excluding carboxylic acids is 3. The molecule has 0 aliphatic carbocycles. The molecule has 0 radical (unpaired) electrons. The molecule has 0 saturated carbocycles. The van der Waals surface area contributed by atoms with E-state index >= 15 is 0 Å². The minimum Gasteiger partial charge on any atom is -0.497 e. The molecule has 1 unspecified atom stereocenters. The number of hydrogen-bond donors (Lipinski definition) is 1. The van der Waals surface area contributed by atoms with Crippen molar-refractivity contribution >= 4 is 52.5 Å². The number of nitrogens with one attached hydrogen (secondary N) is 1. The normalized spacial score (nSPS) is 16.2. The van der Waals surface area contributed by atoms with Gasteiger partial charge in [-0.3, -0.25) is 14.4 Å². The average molecular weight is 433 g/mol. The first kappa shape index (κ1) is 21.2. The third kappa shape index (κ3) is 5.10. The van der Waals surface area contributed by atoms with E-state index in [-0.39, 0.29) is 30.6 Å². The van der Waals surface area contributed by atoms with E-state index in [0.29, 0.717) is 27.9 Å². The number of ether oxygens (including phenoxy) is 1. The Morgan fingerprint density at radius 2 is 1.97 bits per heavy atom. The van der Waals surface area contributed by atoms with Gasteiger partial charge in [-0.05, 0) is 55.0 Å². The second-order valence-corrected chi connectivity index (χ2v) is 8.33. The quantitative estimate of drug-likeness (QED) is 0.668. The summed E-state index contributed by atoms with van der Waals surface area (Å²) in [5.74, 6) is 0.462. The number of thioether (sulfide) groups is 1. The maximum Gasteiger partial charge on any atom is 0.247 e. The first-order valence-corrected chi connectivity index (χ1v) is 10.5. The summed E-state index contributed by atoms with van der Waals surface area (Å²) in [5.41, 5.74) is 2.12. The van der Waals surface area contributed by atoms with Crippen LogP contribution in [0.1, 0.15) is 18.4 Å². The topological polar surface area (TPSA) is 75.7 Å². The van der Waals surface area contributed by atoms with Crippen molar-refractivity contribution < 1.29 is 19.1 Å². The minimum absolute atomic E-state index is 0.132. The molecule has 1 atom stereocenters. The molecule has 29 heavy (non-hydrogen) atoms. The number of imide groups is 1. The standard InChI is InChI=1S/C21H21ClN2O4S/c1-13-11-14(22)3-8-17(13)23-19(25)9-10-29-18-12-20(26)24(21(18)27)15-4-6-16(28-2)7-5-15/h3-8,11,18H,9-10,12H2,1-2H3,(H,23,25). The van der Waals surface area contributed by atoms with Crippen molar-refractivity contribution in [2.24, 2.45) is 0 Å². The molecule has 8 heteroatoms. The third-order valence-corrected chi connectivity index (χ3v) is 5.99. The lowest BCUT2D eigenvalue weighted by atomic mass is 10.2. The highest BCUT2D eigenvalue weighted by Crippen LogP contribution is 2.31. The van der Waals surface area contributed by atoms with Gasteiger partial charge in [0.2, 0.25) is 17.7 Å². The molecule has 1 aliphatic rings. The van der Waals surface area contributed by atoms with Crippen molar-refractivity contribution in [3.8, 4) is 5.75 Å². The van der Waals surface area contributed by atoms with E-state index in [1.807, 2.05) is 6.92 Å². The van der Waals surface area contributed by atoms with Crippen LogP contribution in [0.15, 0.2) is 42.5 Å². The van der Waals surface area contributed by atoms with E-state index in [1.54, 1.807) is 49.6 Å². The minimum atomic E-state index is -0.477. The van der Waals surface area contributed by atoms with Crippen LogP contribution in [0.5, 0.6) is 5.75 Å². The molecule has 2 aromatic rings. The van der Waals surface area contributed by atoms with Crippen LogP contribution in [0.3, 0.4) is 0 Å². The van der Waals surface area contributed by atoms with Gasteiger partial charge in [-0.15, -0.1) is 11.8 Å². The lowest BCUT2D eigenvalue weighted by molar-refractivity contribution is -0.121. The maximum absolute atomic E-state index is 12.7. The predicted molar refractivity (Wildman–Crippen MR) is 116 cm³/mol. The van der Waals surface area contributed by atoms with E-state index in [1.165, 1.54) is 16.7 Å². The highest BCUT2D eigenvalue weighted by molar-refractivity contribution is 8.00. The number of anilines is 2. The van der Waals surface area contributed by atoms with Crippen LogP contribution in [-0.2, 0) is 14.4 Å². The van der Waals surface area contributed by atoms with Crippen LogP contribution >= 0.6 is 23.4 Å². The zero-order chi connectivity index (χ0) is 21.0. The van der Waals surface area contributed by atoms with Gasteiger partial charge in [0, 0.05) is 29.3 Å². The van der Waals surface area contributed by atoms with Crippen LogP contribution in [0, 0.1) is 6.92 Å². The number of carbonyl (C=O) groups is 3. The van der Waals surface area contributed by atoms with Crippen LogP contribution in [-0.4, -0.2) is 35.8 Å². The molecule has 0 bridgehead atoms. The highest BCUT2D eigenvalue weighted by atomic mass is 35.5. The molecule has 1 N–H and O–H groups in total. The molecule has 1 heterocycles. The second-order valence-electron chi connectivity index (χ2n) is 6.59. The highest BCUT2D eigenvalue weighted by Gasteiger charge is 2.39. The van der Waals surface area contributed by atoms with Crippen molar-refractivity contribution in [3.05, 3.63) is 53.1 Å². The molecular weight excluding hydrogens is 412 g/mol. The molecule has 152 valence electrons. The van der Waals surface area contributed by atoms with Crippen LogP contribution in [0.2, 0.25) is 5.02 Å². The molecule has 3 amide bonds. The van der Waals surface area contributed by atoms with Gasteiger partial charge in [-0.25, -0.2) is 4.90 Å². The Kier molecular flexibility index (Phi) is 6.82. The summed E-state index contributed by atoms with van der Waals surface area (Å²) in [7, 11) is 1.55. The summed E-state index contributed by atoms with van der Waals surface area (Å²) in [6.45, 7) is 1.87. The molecule has 3 rings (SSSR count). The first-order chi connectivity index (χ1) is 13.9. The van der Waals surface area contributed by atoms with Crippen LogP contribution in [0.4, 0.5) is 11.4 Å². The summed E-state index contributed by atoms with van der Waals surface area (Å²) in [5, 5.41) is 2.98.